The van der Waals surface area contributed by atoms with Gasteiger partial charge in [0.1, 0.15) is 17.6 Å². The van der Waals surface area contributed by atoms with Crippen LogP contribution in [-0.4, -0.2) is 28.0 Å². The van der Waals surface area contributed by atoms with Gasteiger partial charge in [-0.05, 0) is 56.2 Å². The van der Waals surface area contributed by atoms with Crippen LogP contribution in [0.5, 0.6) is 0 Å². The number of nitriles is 1. The predicted molar refractivity (Wildman–Crippen MR) is 111 cm³/mol. The zero-order valence-corrected chi connectivity index (χ0v) is 16.1. The zero-order chi connectivity index (χ0) is 20.3. The number of nitrogens with one attached hydrogen (secondary N) is 1. The fraction of sp³-hybridized carbons (Fsp3) is 0.238. The van der Waals surface area contributed by atoms with E-state index in [2.05, 4.69) is 16.0 Å². The van der Waals surface area contributed by atoms with Crippen LogP contribution in [0.3, 0.4) is 0 Å². The van der Waals surface area contributed by atoms with E-state index in [1.54, 1.807) is 18.2 Å². The van der Waals surface area contributed by atoms with Gasteiger partial charge in [0.2, 0.25) is 0 Å². The van der Waals surface area contributed by atoms with Gasteiger partial charge in [0.25, 0.3) is 5.69 Å². The average molecular weight is 375 g/mol. The van der Waals surface area contributed by atoms with Gasteiger partial charge in [-0.25, -0.2) is 4.98 Å². The lowest BCUT2D eigenvalue weighted by molar-refractivity contribution is -0.384. The maximum Gasteiger partial charge on any atom is 0.293 e. The third-order valence-corrected chi connectivity index (χ3v) is 4.62. The Hall–Kier alpha value is -3.66. The molecule has 0 unspecified atom stereocenters. The average Bonchev–Trinajstić information content (AvgIpc) is 3.10. The van der Waals surface area contributed by atoms with E-state index in [0.29, 0.717) is 35.7 Å². The lowest BCUT2D eigenvalue weighted by Gasteiger charge is -2.20. The molecule has 0 saturated carbocycles. The molecule has 7 heteroatoms. The first kappa shape index (κ1) is 19.1. The predicted octanol–water partition coefficient (Wildman–Crippen LogP) is 4.69. The second-order valence-corrected chi connectivity index (χ2v) is 6.45. The van der Waals surface area contributed by atoms with Gasteiger partial charge in [-0.15, -0.1) is 0 Å². The van der Waals surface area contributed by atoms with E-state index in [1.807, 2.05) is 43.9 Å². The second kappa shape index (κ2) is 7.92. The van der Waals surface area contributed by atoms with Crippen LogP contribution in [0, 0.1) is 28.4 Å². The summed E-state index contributed by atoms with van der Waals surface area (Å²) in [5, 5.41) is 21.2. The van der Waals surface area contributed by atoms with E-state index in [4.69, 9.17) is 0 Å². The van der Waals surface area contributed by atoms with Gasteiger partial charge in [-0.2, -0.15) is 5.26 Å². The monoisotopic (exact) mass is 375 g/mol. The number of hydrogen-bond donors (Lipinski definition) is 1. The number of nitro benzene ring substituents is 1. The van der Waals surface area contributed by atoms with Crippen LogP contribution in [0.2, 0.25) is 0 Å². The van der Waals surface area contributed by atoms with E-state index < -0.39 is 0 Å². The number of aromatic amines is 1. The molecule has 3 aromatic rings. The highest BCUT2D eigenvalue weighted by molar-refractivity contribution is 5.91. The summed E-state index contributed by atoms with van der Waals surface area (Å²) in [5.41, 5.74) is 4.20. The van der Waals surface area contributed by atoms with Crippen molar-refractivity contribution in [2.24, 2.45) is 0 Å². The first-order valence-electron chi connectivity index (χ1n) is 9.08. The second-order valence-electron chi connectivity index (χ2n) is 6.45. The Morgan fingerprint density at radius 3 is 2.68 bits per heavy atom. The van der Waals surface area contributed by atoms with Gasteiger partial charge < -0.3 is 9.88 Å². The fourth-order valence-corrected chi connectivity index (χ4v) is 3.18. The molecule has 0 bridgehead atoms. The lowest BCUT2D eigenvalue weighted by atomic mass is 10.1. The molecule has 7 nitrogen and oxygen atoms in total. The molecule has 0 fully saturated rings. The summed E-state index contributed by atoms with van der Waals surface area (Å²) in [6, 6.07) is 13.0. The molecule has 0 aliphatic heterocycles. The van der Waals surface area contributed by atoms with Crippen molar-refractivity contribution >= 4 is 34.1 Å². The SMILES string of the molecule is CCN(CC)c1ccc(/C=C(\C#N)c2nc3ccc(C)cc3[nH]2)cc1[N+](=O)[O-]. The van der Waals surface area contributed by atoms with E-state index in [1.165, 1.54) is 6.07 Å². The molecule has 142 valence electrons. The van der Waals surface area contributed by atoms with Gasteiger partial charge in [-0.1, -0.05) is 12.1 Å². The molecule has 2 aromatic carbocycles. The van der Waals surface area contributed by atoms with E-state index in [9.17, 15) is 15.4 Å². The summed E-state index contributed by atoms with van der Waals surface area (Å²) >= 11 is 0. The number of nitrogens with zero attached hydrogens (tertiary/aromatic N) is 4. The van der Waals surface area contributed by atoms with E-state index in [-0.39, 0.29) is 10.6 Å². The van der Waals surface area contributed by atoms with Crippen molar-refractivity contribution in [3.8, 4) is 6.07 Å². The van der Waals surface area contributed by atoms with Gasteiger partial charge in [0.15, 0.2) is 0 Å². The standard InChI is InChI=1S/C21H21N5O2/c1-4-25(5-2)19-9-7-15(12-20(19)26(27)28)11-16(13-22)21-23-17-8-6-14(3)10-18(17)24-21/h6-12H,4-5H2,1-3H3,(H,23,24)/b16-11+. The van der Waals surface area contributed by atoms with Gasteiger partial charge >= 0.3 is 0 Å². The molecule has 28 heavy (non-hydrogen) atoms. The normalized spacial score (nSPS) is 11.4. The maximum atomic E-state index is 11.6. The van der Waals surface area contributed by atoms with Gasteiger partial charge in [0.05, 0.1) is 21.5 Å². The van der Waals surface area contributed by atoms with Crippen molar-refractivity contribution in [3.05, 3.63) is 63.5 Å². The first-order valence-corrected chi connectivity index (χ1v) is 9.08. The molecule has 0 aliphatic rings. The topological polar surface area (TPSA) is 98.8 Å². The van der Waals surface area contributed by atoms with Crippen molar-refractivity contribution in [1.29, 1.82) is 5.26 Å². The molecule has 0 atom stereocenters. The number of benzene rings is 2. The third kappa shape index (κ3) is 3.71. The number of aromatic nitrogens is 2. The van der Waals surface area contributed by atoms with Crippen LogP contribution >= 0.6 is 0 Å². The minimum absolute atomic E-state index is 0.0231. The van der Waals surface area contributed by atoms with Gasteiger partial charge in [0, 0.05) is 19.2 Å². The molecule has 3 rings (SSSR count). The Balaban J connectivity index is 2.05. The minimum atomic E-state index is -0.388. The number of fused-ring (bicyclic) bond motifs is 1. The van der Waals surface area contributed by atoms with Gasteiger partial charge in [-0.3, -0.25) is 10.1 Å². The molecule has 0 saturated heterocycles. The molecule has 0 radical (unpaired) electrons. The van der Waals surface area contributed by atoms with Crippen molar-refractivity contribution in [2.45, 2.75) is 20.8 Å². The fourth-order valence-electron chi connectivity index (χ4n) is 3.18. The summed E-state index contributed by atoms with van der Waals surface area (Å²) < 4.78 is 0. The highest BCUT2D eigenvalue weighted by Crippen LogP contribution is 2.30. The number of allylic oxidation sites excluding steroid dienone is 1. The summed E-state index contributed by atoms with van der Waals surface area (Å²) in [6.07, 6.45) is 1.61. The van der Waals surface area contributed by atoms with Crippen molar-refractivity contribution < 1.29 is 4.92 Å². The van der Waals surface area contributed by atoms with Crippen molar-refractivity contribution in [2.75, 3.05) is 18.0 Å². The number of anilines is 1. The van der Waals surface area contributed by atoms with Crippen LogP contribution in [-0.2, 0) is 0 Å². The van der Waals surface area contributed by atoms with Crippen LogP contribution in [0.25, 0.3) is 22.7 Å². The number of hydrogen-bond acceptors (Lipinski definition) is 5. The molecule has 1 N–H and O–H groups in total. The van der Waals surface area contributed by atoms with Crippen molar-refractivity contribution in [1.82, 2.24) is 9.97 Å². The highest BCUT2D eigenvalue weighted by atomic mass is 16.6. The summed E-state index contributed by atoms with van der Waals surface area (Å²) in [4.78, 5) is 20.7. The Kier molecular flexibility index (Phi) is 5.41. The number of aryl methyl sites for hydroxylation is 1. The van der Waals surface area contributed by atoms with Crippen LogP contribution in [0.15, 0.2) is 36.4 Å². The first-order chi connectivity index (χ1) is 13.5. The molecule has 0 aliphatic carbocycles. The molecule has 1 heterocycles. The molecular formula is C21H21N5O2. The molecule has 1 aromatic heterocycles. The van der Waals surface area contributed by atoms with Crippen LogP contribution < -0.4 is 4.90 Å². The number of imidazole rings is 1. The zero-order valence-electron chi connectivity index (χ0n) is 16.1. The molecular weight excluding hydrogens is 354 g/mol. The Labute approximate surface area is 163 Å². The number of nitro groups is 1. The molecule has 0 spiro atoms. The summed E-state index contributed by atoms with van der Waals surface area (Å²) in [6.45, 7) is 7.25. The smallest absolute Gasteiger partial charge is 0.293 e. The van der Waals surface area contributed by atoms with Crippen LogP contribution in [0.4, 0.5) is 11.4 Å². The summed E-state index contributed by atoms with van der Waals surface area (Å²) in [7, 11) is 0. The third-order valence-electron chi connectivity index (χ3n) is 4.62. The molecule has 0 amide bonds. The number of H-pyrrole nitrogens is 1. The Bertz CT molecular complexity index is 1100. The summed E-state index contributed by atoms with van der Waals surface area (Å²) in [5.74, 6) is 0.443. The minimum Gasteiger partial charge on any atom is -0.367 e. The van der Waals surface area contributed by atoms with Crippen molar-refractivity contribution in [3.63, 3.8) is 0 Å². The Morgan fingerprint density at radius 1 is 1.29 bits per heavy atom. The number of rotatable bonds is 6. The van der Waals surface area contributed by atoms with E-state index >= 15 is 0 Å². The largest absolute Gasteiger partial charge is 0.367 e. The lowest BCUT2D eigenvalue weighted by Crippen LogP contribution is -2.22. The quantitative estimate of drug-likeness (QED) is 0.383. The Morgan fingerprint density at radius 2 is 2.04 bits per heavy atom. The highest BCUT2D eigenvalue weighted by Gasteiger charge is 2.18. The van der Waals surface area contributed by atoms with E-state index in [0.717, 1.165) is 16.6 Å². The maximum absolute atomic E-state index is 11.6. The van der Waals surface area contributed by atoms with Crippen LogP contribution in [0.1, 0.15) is 30.8 Å².